The van der Waals surface area contributed by atoms with Crippen molar-refractivity contribution in [3.05, 3.63) is 30.1 Å². The Balaban J connectivity index is 2.27. The van der Waals surface area contributed by atoms with Crippen LogP contribution in [0.15, 0.2) is 24.4 Å². The molecule has 0 aliphatic heterocycles. The fourth-order valence-corrected chi connectivity index (χ4v) is 2.39. The normalized spacial score (nSPS) is 10.8. The number of anilines is 2. The minimum absolute atomic E-state index is 0.784. The Morgan fingerprint density at radius 1 is 1.33 bits per heavy atom. The van der Waals surface area contributed by atoms with Gasteiger partial charge in [0.15, 0.2) is 0 Å². The molecule has 0 bridgehead atoms. The first-order valence-electron chi connectivity index (χ1n) is 6.10. The molecule has 3 N–H and O–H groups in total. The van der Waals surface area contributed by atoms with Gasteiger partial charge in [0, 0.05) is 40.6 Å². The molecule has 3 nitrogen and oxygen atoms in total. The Hall–Kier alpha value is -1.42. The summed E-state index contributed by atoms with van der Waals surface area (Å²) in [4.78, 5) is 4.31. The predicted octanol–water partition coefficient (Wildman–Crippen LogP) is 3.29. The number of hydrogen-bond donors (Lipinski definition) is 2. The minimum atomic E-state index is 0.784. The molecule has 1 aromatic heterocycles. The van der Waals surface area contributed by atoms with Crippen molar-refractivity contribution in [3.8, 4) is 0 Å². The molecule has 0 aliphatic carbocycles. The van der Waals surface area contributed by atoms with Crippen LogP contribution in [-0.2, 0) is 0 Å². The van der Waals surface area contributed by atoms with Gasteiger partial charge in [0.05, 0.1) is 0 Å². The summed E-state index contributed by atoms with van der Waals surface area (Å²) < 4.78 is 0. The van der Waals surface area contributed by atoms with Gasteiger partial charge in [-0.15, -0.1) is 0 Å². The SMILES string of the molecule is CSCCCNc1ccc(N)c2cnc(C)cc12. The van der Waals surface area contributed by atoms with E-state index in [9.17, 15) is 0 Å². The van der Waals surface area contributed by atoms with E-state index < -0.39 is 0 Å². The van der Waals surface area contributed by atoms with Gasteiger partial charge in [0.1, 0.15) is 0 Å². The molecule has 18 heavy (non-hydrogen) atoms. The van der Waals surface area contributed by atoms with Crippen LogP contribution in [0.4, 0.5) is 11.4 Å². The highest BCUT2D eigenvalue weighted by Gasteiger charge is 2.04. The quantitative estimate of drug-likeness (QED) is 0.640. The van der Waals surface area contributed by atoms with Gasteiger partial charge in [-0.05, 0) is 43.6 Å². The number of thioether (sulfide) groups is 1. The molecule has 0 atom stereocenters. The van der Waals surface area contributed by atoms with E-state index in [2.05, 4.69) is 28.7 Å². The lowest BCUT2D eigenvalue weighted by atomic mass is 10.1. The molecule has 0 saturated carbocycles. The van der Waals surface area contributed by atoms with E-state index in [1.54, 1.807) is 0 Å². The highest BCUT2D eigenvalue weighted by atomic mass is 32.2. The molecule has 0 saturated heterocycles. The van der Waals surface area contributed by atoms with Crippen LogP contribution in [-0.4, -0.2) is 23.5 Å². The van der Waals surface area contributed by atoms with Gasteiger partial charge in [-0.25, -0.2) is 0 Å². The lowest BCUT2D eigenvalue weighted by molar-refractivity contribution is 0.995. The van der Waals surface area contributed by atoms with Crippen LogP contribution in [0.2, 0.25) is 0 Å². The number of nitrogen functional groups attached to an aromatic ring is 1. The van der Waals surface area contributed by atoms with Crippen LogP contribution in [0.1, 0.15) is 12.1 Å². The summed E-state index contributed by atoms with van der Waals surface area (Å²) in [6, 6.07) is 6.08. The van der Waals surface area contributed by atoms with E-state index in [0.29, 0.717) is 0 Å². The topological polar surface area (TPSA) is 50.9 Å². The molecule has 0 fully saturated rings. The Morgan fingerprint density at radius 2 is 2.17 bits per heavy atom. The van der Waals surface area contributed by atoms with E-state index in [1.807, 2.05) is 30.9 Å². The number of nitrogens with two attached hydrogens (primary N) is 1. The fraction of sp³-hybridized carbons (Fsp3) is 0.357. The number of pyridine rings is 1. The Labute approximate surface area is 112 Å². The first-order valence-corrected chi connectivity index (χ1v) is 7.49. The number of fused-ring (bicyclic) bond motifs is 1. The van der Waals surface area contributed by atoms with Gasteiger partial charge in [0.2, 0.25) is 0 Å². The Kier molecular flexibility index (Phi) is 4.31. The van der Waals surface area contributed by atoms with Gasteiger partial charge in [0.25, 0.3) is 0 Å². The number of nitrogens with zero attached hydrogens (tertiary/aromatic N) is 1. The second-order valence-electron chi connectivity index (χ2n) is 4.35. The summed E-state index contributed by atoms with van der Waals surface area (Å²) in [5, 5.41) is 5.66. The van der Waals surface area contributed by atoms with Crippen LogP contribution < -0.4 is 11.1 Å². The van der Waals surface area contributed by atoms with Gasteiger partial charge < -0.3 is 11.1 Å². The summed E-state index contributed by atoms with van der Waals surface area (Å²) in [5.41, 5.74) is 8.92. The standard InChI is InChI=1S/C14H19N3S/c1-10-8-11-12(9-17-10)13(15)4-5-14(11)16-6-3-7-18-2/h4-5,8-9,16H,3,6-7,15H2,1-2H3. The lowest BCUT2D eigenvalue weighted by Crippen LogP contribution is -2.03. The summed E-state index contributed by atoms with van der Waals surface area (Å²) in [6.45, 7) is 2.99. The van der Waals surface area contributed by atoms with Crippen molar-refractivity contribution in [1.29, 1.82) is 0 Å². The third-order valence-electron chi connectivity index (χ3n) is 2.91. The van der Waals surface area contributed by atoms with Gasteiger partial charge in [-0.1, -0.05) is 0 Å². The Bertz CT molecular complexity index is 540. The smallest absolute Gasteiger partial charge is 0.0422 e. The number of rotatable bonds is 5. The van der Waals surface area contributed by atoms with Crippen molar-refractivity contribution in [3.63, 3.8) is 0 Å². The van der Waals surface area contributed by atoms with Crippen molar-refractivity contribution in [2.75, 3.05) is 29.6 Å². The highest BCUT2D eigenvalue weighted by molar-refractivity contribution is 7.98. The van der Waals surface area contributed by atoms with E-state index in [4.69, 9.17) is 5.73 Å². The summed E-state index contributed by atoms with van der Waals surface area (Å²) in [5.74, 6) is 1.18. The molecule has 1 heterocycles. The molecule has 0 spiro atoms. The summed E-state index contributed by atoms with van der Waals surface area (Å²) in [6.07, 6.45) is 5.15. The zero-order chi connectivity index (χ0) is 13.0. The average Bonchev–Trinajstić information content (AvgIpc) is 2.37. The number of benzene rings is 1. The van der Waals surface area contributed by atoms with E-state index in [1.165, 1.54) is 5.75 Å². The van der Waals surface area contributed by atoms with Crippen LogP contribution in [0, 0.1) is 6.92 Å². The van der Waals surface area contributed by atoms with Gasteiger partial charge in [-0.2, -0.15) is 11.8 Å². The highest BCUT2D eigenvalue weighted by Crippen LogP contribution is 2.28. The molecular weight excluding hydrogens is 242 g/mol. The number of nitrogens with one attached hydrogen (secondary N) is 1. The van der Waals surface area contributed by atoms with Crippen LogP contribution >= 0.6 is 11.8 Å². The monoisotopic (exact) mass is 261 g/mol. The molecule has 0 aliphatic rings. The van der Waals surface area contributed by atoms with Crippen molar-refractivity contribution in [1.82, 2.24) is 4.98 Å². The van der Waals surface area contributed by atoms with Gasteiger partial charge in [-0.3, -0.25) is 4.98 Å². The predicted molar refractivity (Wildman–Crippen MR) is 82.4 cm³/mol. The maximum atomic E-state index is 5.98. The molecule has 1 aromatic carbocycles. The molecule has 0 radical (unpaired) electrons. The van der Waals surface area contributed by atoms with Crippen molar-refractivity contribution in [2.24, 2.45) is 0 Å². The van der Waals surface area contributed by atoms with E-state index in [-0.39, 0.29) is 0 Å². The van der Waals surface area contributed by atoms with Crippen LogP contribution in [0.5, 0.6) is 0 Å². The number of aromatic nitrogens is 1. The van der Waals surface area contributed by atoms with Crippen LogP contribution in [0.25, 0.3) is 10.8 Å². The molecular formula is C14H19N3S. The number of aryl methyl sites for hydroxylation is 1. The van der Waals surface area contributed by atoms with Crippen molar-refractivity contribution in [2.45, 2.75) is 13.3 Å². The summed E-state index contributed by atoms with van der Waals surface area (Å²) in [7, 11) is 0. The molecule has 0 amide bonds. The lowest BCUT2D eigenvalue weighted by Gasteiger charge is -2.11. The summed E-state index contributed by atoms with van der Waals surface area (Å²) >= 11 is 1.88. The second kappa shape index (κ2) is 5.96. The zero-order valence-corrected chi connectivity index (χ0v) is 11.7. The van der Waals surface area contributed by atoms with Crippen LogP contribution in [0.3, 0.4) is 0 Å². The molecule has 0 unspecified atom stereocenters. The van der Waals surface area contributed by atoms with E-state index in [0.717, 1.165) is 40.8 Å². The third-order valence-corrected chi connectivity index (χ3v) is 3.61. The maximum absolute atomic E-state index is 5.98. The van der Waals surface area contributed by atoms with Crippen molar-refractivity contribution >= 4 is 33.9 Å². The van der Waals surface area contributed by atoms with Gasteiger partial charge >= 0.3 is 0 Å². The molecule has 4 heteroatoms. The number of hydrogen-bond acceptors (Lipinski definition) is 4. The molecule has 2 rings (SSSR count). The fourth-order valence-electron chi connectivity index (χ4n) is 1.96. The molecule has 96 valence electrons. The third kappa shape index (κ3) is 2.88. The first-order chi connectivity index (χ1) is 8.72. The second-order valence-corrected chi connectivity index (χ2v) is 5.33. The maximum Gasteiger partial charge on any atom is 0.0422 e. The first kappa shape index (κ1) is 13.0. The minimum Gasteiger partial charge on any atom is -0.398 e. The zero-order valence-electron chi connectivity index (χ0n) is 10.9. The molecule has 2 aromatic rings. The average molecular weight is 261 g/mol. The largest absolute Gasteiger partial charge is 0.398 e. The van der Waals surface area contributed by atoms with Crippen molar-refractivity contribution < 1.29 is 0 Å². The van der Waals surface area contributed by atoms with E-state index >= 15 is 0 Å². The Morgan fingerprint density at radius 3 is 2.94 bits per heavy atom.